The number of halogens is 1. The van der Waals surface area contributed by atoms with Crippen molar-refractivity contribution in [3.05, 3.63) is 52.8 Å². The Morgan fingerprint density at radius 1 is 1.24 bits per heavy atom. The Labute approximate surface area is 127 Å². The summed E-state index contributed by atoms with van der Waals surface area (Å²) >= 11 is 6.00. The number of benzene rings is 1. The zero-order valence-electron chi connectivity index (χ0n) is 11.5. The van der Waals surface area contributed by atoms with Gasteiger partial charge in [0.25, 0.3) is 11.7 Å². The van der Waals surface area contributed by atoms with Gasteiger partial charge in [-0.2, -0.15) is 5.26 Å². The molecule has 1 aromatic heterocycles. The molecule has 0 saturated heterocycles. The van der Waals surface area contributed by atoms with Crippen LogP contribution in [0.1, 0.15) is 16.1 Å². The number of nitriles is 1. The molecule has 1 heterocycles. The van der Waals surface area contributed by atoms with Crippen LogP contribution in [-0.2, 0) is 4.79 Å². The number of hydrogen-bond acceptors (Lipinski definition) is 3. The van der Waals surface area contributed by atoms with E-state index < -0.39 is 11.7 Å². The summed E-state index contributed by atoms with van der Waals surface area (Å²) in [5.74, 6) is -1.27. The van der Waals surface area contributed by atoms with Gasteiger partial charge in [0, 0.05) is 20.3 Å². The predicted octanol–water partition coefficient (Wildman–Crippen LogP) is 2.27. The third-order valence-corrected chi connectivity index (χ3v) is 3.26. The number of carbonyl (C=O) groups is 2. The number of rotatable bonds is 3. The van der Waals surface area contributed by atoms with Gasteiger partial charge < -0.3 is 9.47 Å². The minimum atomic E-state index is -0.645. The molecule has 0 radical (unpaired) electrons. The molecule has 0 aliphatic rings. The summed E-state index contributed by atoms with van der Waals surface area (Å²) in [6.07, 6.45) is 1.61. The van der Waals surface area contributed by atoms with E-state index in [1.165, 1.54) is 29.6 Å². The lowest BCUT2D eigenvalue weighted by atomic mass is 10.1. The molecular formula is C15H12ClN3O2. The maximum absolute atomic E-state index is 12.2. The zero-order valence-corrected chi connectivity index (χ0v) is 12.3. The molecule has 6 heteroatoms. The number of amides is 1. The van der Waals surface area contributed by atoms with Crippen LogP contribution in [-0.4, -0.2) is 35.3 Å². The van der Waals surface area contributed by atoms with E-state index in [1.807, 2.05) is 6.07 Å². The highest BCUT2D eigenvalue weighted by atomic mass is 35.5. The second kappa shape index (κ2) is 5.81. The largest absolute Gasteiger partial charge is 0.342 e. The molecule has 1 amide bonds. The first-order chi connectivity index (χ1) is 9.97. The summed E-state index contributed by atoms with van der Waals surface area (Å²) in [5, 5.41) is 9.51. The Morgan fingerprint density at radius 3 is 2.57 bits per heavy atom. The Kier molecular flexibility index (Phi) is 4.10. The topological polar surface area (TPSA) is 66.1 Å². The van der Waals surface area contributed by atoms with Crippen molar-refractivity contribution in [1.82, 2.24) is 9.47 Å². The van der Waals surface area contributed by atoms with Crippen molar-refractivity contribution in [1.29, 1.82) is 5.26 Å². The molecule has 1 aromatic carbocycles. The lowest BCUT2D eigenvalue weighted by Gasteiger charge is -2.13. The second-order valence-corrected chi connectivity index (χ2v) is 4.95. The average molecular weight is 302 g/mol. The maximum Gasteiger partial charge on any atom is 0.296 e. The molecule has 0 spiro atoms. The minimum Gasteiger partial charge on any atom is -0.342 e. The van der Waals surface area contributed by atoms with Crippen molar-refractivity contribution in [3.63, 3.8) is 0 Å². The Hall–Kier alpha value is -2.58. The molecule has 2 aromatic rings. The quantitative estimate of drug-likeness (QED) is 0.645. The van der Waals surface area contributed by atoms with Crippen LogP contribution in [0, 0.1) is 11.3 Å². The lowest BCUT2D eigenvalue weighted by molar-refractivity contribution is -0.124. The van der Waals surface area contributed by atoms with Crippen molar-refractivity contribution < 1.29 is 9.59 Å². The van der Waals surface area contributed by atoms with Crippen LogP contribution in [0.3, 0.4) is 0 Å². The van der Waals surface area contributed by atoms with E-state index in [1.54, 1.807) is 30.5 Å². The highest BCUT2D eigenvalue weighted by molar-refractivity contribution is 6.42. The number of carbonyl (C=O) groups excluding carboxylic acids is 2. The normalized spacial score (nSPS) is 10.0. The molecule has 0 N–H and O–H groups in total. The fourth-order valence-electron chi connectivity index (χ4n) is 1.91. The van der Waals surface area contributed by atoms with Crippen molar-refractivity contribution in [2.45, 2.75) is 0 Å². The highest BCUT2D eigenvalue weighted by Gasteiger charge is 2.22. The summed E-state index contributed by atoms with van der Waals surface area (Å²) in [6.45, 7) is 0. The monoisotopic (exact) mass is 301 g/mol. The molecule has 0 bridgehead atoms. The molecule has 21 heavy (non-hydrogen) atoms. The van der Waals surface area contributed by atoms with Crippen LogP contribution in [0.5, 0.6) is 0 Å². The van der Waals surface area contributed by atoms with Gasteiger partial charge in [-0.1, -0.05) is 17.7 Å². The summed E-state index contributed by atoms with van der Waals surface area (Å²) in [4.78, 5) is 25.2. The van der Waals surface area contributed by atoms with Gasteiger partial charge in [-0.15, -0.1) is 0 Å². The number of likely N-dealkylation sites (N-methyl/N-ethyl adjacent to an activating group) is 1. The van der Waals surface area contributed by atoms with E-state index in [0.29, 0.717) is 10.7 Å². The number of hydrogen-bond donors (Lipinski definition) is 0. The smallest absolute Gasteiger partial charge is 0.296 e. The molecule has 0 aliphatic heterocycles. The number of ketones is 1. The molecule has 106 valence electrons. The number of nitrogens with zero attached hydrogens (tertiary/aromatic N) is 3. The van der Waals surface area contributed by atoms with Gasteiger partial charge in [-0.25, -0.2) is 0 Å². The molecule has 0 aliphatic carbocycles. The van der Waals surface area contributed by atoms with E-state index in [4.69, 9.17) is 11.6 Å². The van der Waals surface area contributed by atoms with E-state index >= 15 is 0 Å². The van der Waals surface area contributed by atoms with E-state index in [0.717, 1.165) is 0 Å². The standard InChI is InChI=1S/C15H12ClN3O2/c1-18(2)15(21)14(20)13-7-4-8-19(13)12-6-3-5-11(16)10(12)9-17/h3-8H,1-2H3. The summed E-state index contributed by atoms with van der Waals surface area (Å²) in [6, 6.07) is 10.1. The minimum absolute atomic E-state index is 0.187. The van der Waals surface area contributed by atoms with Gasteiger partial charge in [0.05, 0.1) is 22.0 Å². The number of aromatic nitrogens is 1. The molecule has 0 fully saturated rings. The zero-order chi connectivity index (χ0) is 15.6. The van der Waals surface area contributed by atoms with Crippen molar-refractivity contribution in [2.24, 2.45) is 0 Å². The average Bonchev–Trinajstić information content (AvgIpc) is 2.94. The van der Waals surface area contributed by atoms with Crippen molar-refractivity contribution in [2.75, 3.05) is 14.1 Å². The predicted molar refractivity (Wildman–Crippen MR) is 78.5 cm³/mol. The molecule has 2 rings (SSSR count). The first-order valence-corrected chi connectivity index (χ1v) is 6.47. The highest BCUT2D eigenvalue weighted by Crippen LogP contribution is 2.24. The molecule has 5 nitrogen and oxygen atoms in total. The van der Waals surface area contributed by atoms with Crippen LogP contribution < -0.4 is 0 Å². The summed E-state index contributed by atoms with van der Waals surface area (Å²) < 4.78 is 1.49. The molecule has 0 atom stereocenters. The van der Waals surface area contributed by atoms with Crippen LogP contribution in [0.25, 0.3) is 5.69 Å². The van der Waals surface area contributed by atoms with Gasteiger partial charge in [-0.3, -0.25) is 9.59 Å². The SMILES string of the molecule is CN(C)C(=O)C(=O)c1cccn1-c1cccc(Cl)c1C#N. The molecule has 0 unspecified atom stereocenters. The van der Waals surface area contributed by atoms with E-state index in [-0.39, 0.29) is 11.3 Å². The fourth-order valence-corrected chi connectivity index (χ4v) is 2.12. The molecular weight excluding hydrogens is 290 g/mol. The third kappa shape index (κ3) is 2.67. The second-order valence-electron chi connectivity index (χ2n) is 4.54. The number of Topliss-reactive ketones (excluding diaryl/α,β-unsaturated/α-hetero) is 1. The fraction of sp³-hybridized carbons (Fsp3) is 0.133. The van der Waals surface area contributed by atoms with Gasteiger partial charge in [0.2, 0.25) is 0 Å². The summed E-state index contributed by atoms with van der Waals surface area (Å²) in [7, 11) is 3.02. The first-order valence-electron chi connectivity index (χ1n) is 6.09. The van der Waals surface area contributed by atoms with Crippen LogP contribution in [0.2, 0.25) is 5.02 Å². The van der Waals surface area contributed by atoms with E-state index in [9.17, 15) is 14.9 Å². The van der Waals surface area contributed by atoms with E-state index in [2.05, 4.69) is 0 Å². The van der Waals surface area contributed by atoms with Crippen molar-refractivity contribution in [3.8, 4) is 11.8 Å². The first kappa shape index (κ1) is 14.8. The Balaban J connectivity index is 2.57. The molecule has 0 saturated carbocycles. The van der Waals surface area contributed by atoms with Crippen LogP contribution in [0.15, 0.2) is 36.5 Å². The van der Waals surface area contributed by atoms with Gasteiger partial charge in [0.1, 0.15) is 6.07 Å². The van der Waals surface area contributed by atoms with Crippen LogP contribution in [0.4, 0.5) is 0 Å². The lowest BCUT2D eigenvalue weighted by Crippen LogP contribution is -2.31. The maximum atomic E-state index is 12.2. The third-order valence-electron chi connectivity index (χ3n) is 2.94. The van der Waals surface area contributed by atoms with Crippen LogP contribution >= 0.6 is 11.6 Å². The van der Waals surface area contributed by atoms with Crippen molar-refractivity contribution >= 4 is 23.3 Å². The van der Waals surface area contributed by atoms with Gasteiger partial charge in [-0.05, 0) is 24.3 Å². The Bertz CT molecular complexity index is 757. The Morgan fingerprint density at radius 2 is 1.95 bits per heavy atom. The van der Waals surface area contributed by atoms with Gasteiger partial charge in [0.15, 0.2) is 0 Å². The summed E-state index contributed by atoms with van der Waals surface area (Å²) in [5.41, 5.74) is 0.902. The van der Waals surface area contributed by atoms with Gasteiger partial charge >= 0.3 is 0 Å².